The number of ether oxygens (including phenoxy) is 1. The van der Waals surface area contributed by atoms with Gasteiger partial charge < -0.3 is 10.1 Å². The van der Waals surface area contributed by atoms with Gasteiger partial charge in [-0.05, 0) is 12.1 Å². The largest absolute Gasteiger partial charge is 0.413 e. The number of carbonyl (C=O) groups excluding carboxylic acids is 1. The zero-order valence-corrected chi connectivity index (χ0v) is 8.97. The van der Waals surface area contributed by atoms with Crippen molar-refractivity contribution in [3.63, 3.8) is 0 Å². The van der Waals surface area contributed by atoms with Crippen LogP contribution in [-0.4, -0.2) is 12.6 Å². The summed E-state index contributed by atoms with van der Waals surface area (Å²) in [5.41, 5.74) is 0. The first-order valence-corrected chi connectivity index (χ1v) is 4.67. The van der Waals surface area contributed by atoms with E-state index < -0.39 is 6.09 Å². The Kier molecular flexibility index (Phi) is 4.22. The molecule has 0 aromatic heterocycles. The summed E-state index contributed by atoms with van der Waals surface area (Å²) in [5.74, 6) is 0.264. The van der Waals surface area contributed by atoms with Gasteiger partial charge in [-0.25, -0.2) is 4.79 Å². The van der Waals surface area contributed by atoms with E-state index in [1.165, 1.54) is 18.2 Å². The molecule has 78 valence electrons. The van der Waals surface area contributed by atoms with E-state index in [-0.39, 0.29) is 12.3 Å². The number of hydrogen-bond donors (Lipinski definition) is 1. The fourth-order valence-corrected chi connectivity index (χ4v) is 1.08. The van der Waals surface area contributed by atoms with Crippen molar-refractivity contribution in [2.75, 3.05) is 6.54 Å². The monoisotopic (exact) mass is 244 g/mol. The van der Waals surface area contributed by atoms with Crippen LogP contribution in [0.25, 0.3) is 0 Å². The molecular weight excluding hydrogens is 239 g/mol. The topological polar surface area (TPSA) is 62.1 Å². The van der Waals surface area contributed by atoms with Gasteiger partial charge in [0.15, 0.2) is 0 Å². The van der Waals surface area contributed by atoms with Crippen molar-refractivity contribution in [1.82, 2.24) is 5.32 Å². The van der Waals surface area contributed by atoms with Crippen LogP contribution in [0.3, 0.4) is 0 Å². The third kappa shape index (κ3) is 3.66. The molecule has 1 amide bonds. The first kappa shape index (κ1) is 11.6. The summed E-state index contributed by atoms with van der Waals surface area (Å²) in [5, 5.41) is 11.1. The van der Waals surface area contributed by atoms with Crippen LogP contribution in [-0.2, 0) is 0 Å². The van der Waals surface area contributed by atoms with E-state index in [1.807, 2.05) is 0 Å². The summed E-state index contributed by atoms with van der Waals surface area (Å²) >= 11 is 11.4. The molecule has 1 aromatic rings. The van der Waals surface area contributed by atoms with Gasteiger partial charge in [0.05, 0.1) is 16.1 Å². The molecule has 0 heterocycles. The standard InChI is InChI=1S/C9H6Cl2N2O2/c10-7-2-1-6(5-8(7)11)15-9(14)13-4-3-12/h1-2,5H,4H2,(H,13,14). The summed E-state index contributed by atoms with van der Waals surface area (Å²) < 4.78 is 4.81. The lowest BCUT2D eigenvalue weighted by Crippen LogP contribution is -2.26. The van der Waals surface area contributed by atoms with Gasteiger partial charge in [-0.2, -0.15) is 5.26 Å². The normalized spacial score (nSPS) is 9.13. The predicted molar refractivity (Wildman–Crippen MR) is 56.1 cm³/mol. The van der Waals surface area contributed by atoms with Crippen molar-refractivity contribution in [3.05, 3.63) is 28.2 Å². The summed E-state index contributed by atoms with van der Waals surface area (Å²) in [4.78, 5) is 11.0. The van der Waals surface area contributed by atoms with Crippen LogP contribution in [0.15, 0.2) is 18.2 Å². The molecule has 0 bridgehead atoms. The van der Waals surface area contributed by atoms with Gasteiger partial charge in [0.25, 0.3) is 0 Å². The number of hydrogen-bond acceptors (Lipinski definition) is 3. The van der Waals surface area contributed by atoms with Crippen molar-refractivity contribution in [2.45, 2.75) is 0 Å². The molecule has 0 spiro atoms. The van der Waals surface area contributed by atoms with Crippen molar-refractivity contribution in [3.8, 4) is 11.8 Å². The number of nitriles is 1. The lowest BCUT2D eigenvalue weighted by molar-refractivity contribution is 0.202. The number of halogens is 2. The Hall–Kier alpha value is -1.44. The average molecular weight is 245 g/mol. The molecule has 4 nitrogen and oxygen atoms in total. The van der Waals surface area contributed by atoms with E-state index in [4.69, 9.17) is 33.2 Å². The molecular formula is C9H6Cl2N2O2. The smallest absolute Gasteiger partial charge is 0.410 e. The maximum Gasteiger partial charge on any atom is 0.413 e. The minimum absolute atomic E-state index is 0.111. The third-order valence-electron chi connectivity index (χ3n) is 1.41. The van der Waals surface area contributed by atoms with E-state index in [9.17, 15) is 4.79 Å². The van der Waals surface area contributed by atoms with Gasteiger partial charge in [-0.1, -0.05) is 23.2 Å². The van der Waals surface area contributed by atoms with Crippen molar-refractivity contribution in [2.24, 2.45) is 0 Å². The van der Waals surface area contributed by atoms with Crippen molar-refractivity contribution < 1.29 is 9.53 Å². The Morgan fingerprint density at radius 1 is 1.47 bits per heavy atom. The maximum absolute atomic E-state index is 11.0. The lowest BCUT2D eigenvalue weighted by Gasteiger charge is -2.04. The molecule has 1 aromatic carbocycles. The number of amides is 1. The van der Waals surface area contributed by atoms with E-state index in [2.05, 4.69) is 5.32 Å². The average Bonchev–Trinajstić information content (AvgIpc) is 2.20. The molecule has 0 atom stereocenters. The minimum Gasteiger partial charge on any atom is -0.410 e. The summed E-state index contributed by atoms with van der Waals surface area (Å²) in [6, 6.07) is 6.17. The van der Waals surface area contributed by atoms with Crippen molar-refractivity contribution >= 4 is 29.3 Å². The Balaban J connectivity index is 2.62. The highest BCUT2D eigenvalue weighted by molar-refractivity contribution is 6.42. The quantitative estimate of drug-likeness (QED) is 0.814. The first-order valence-electron chi connectivity index (χ1n) is 3.91. The van der Waals surface area contributed by atoms with E-state index in [0.29, 0.717) is 10.0 Å². The van der Waals surface area contributed by atoms with Gasteiger partial charge >= 0.3 is 6.09 Å². The van der Waals surface area contributed by atoms with Crippen LogP contribution < -0.4 is 10.1 Å². The number of nitrogens with one attached hydrogen (secondary N) is 1. The lowest BCUT2D eigenvalue weighted by atomic mass is 10.3. The SMILES string of the molecule is N#CCNC(=O)Oc1ccc(Cl)c(Cl)c1. The third-order valence-corrected chi connectivity index (χ3v) is 2.15. The van der Waals surface area contributed by atoms with Gasteiger partial charge in [-0.15, -0.1) is 0 Å². The van der Waals surface area contributed by atoms with Gasteiger partial charge in [0.1, 0.15) is 12.3 Å². The van der Waals surface area contributed by atoms with Crippen LogP contribution in [0.1, 0.15) is 0 Å². The van der Waals surface area contributed by atoms with E-state index in [0.717, 1.165) is 0 Å². The Morgan fingerprint density at radius 2 is 2.20 bits per heavy atom. The molecule has 1 N–H and O–H groups in total. The number of carbonyl (C=O) groups is 1. The van der Waals surface area contributed by atoms with E-state index >= 15 is 0 Å². The first-order chi connectivity index (χ1) is 7.13. The van der Waals surface area contributed by atoms with Gasteiger partial charge in [-0.3, -0.25) is 0 Å². The summed E-state index contributed by atoms with van der Waals surface area (Å²) in [6.07, 6.45) is -0.713. The molecule has 0 saturated carbocycles. The second-order valence-corrected chi connectivity index (χ2v) is 3.29. The Labute approximate surface area is 96.4 Å². The molecule has 0 aliphatic heterocycles. The van der Waals surface area contributed by atoms with Crippen LogP contribution in [0.5, 0.6) is 5.75 Å². The minimum atomic E-state index is -0.713. The van der Waals surface area contributed by atoms with Crippen molar-refractivity contribution in [1.29, 1.82) is 5.26 Å². The number of nitrogens with zero attached hydrogens (tertiary/aromatic N) is 1. The van der Waals surface area contributed by atoms with Crippen LogP contribution in [0, 0.1) is 11.3 Å². The number of rotatable bonds is 2. The van der Waals surface area contributed by atoms with Gasteiger partial charge in [0, 0.05) is 6.07 Å². The second-order valence-electron chi connectivity index (χ2n) is 2.48. The molecule has 0 radical (unpaired) electrons. The molecule has 0 aliphatic rings. The molecule has 0 fully saturated rings. The summed E-state index contributed by atoms with van der Waals surface area (Å²) in [7, 11) is 0. The molecule has 0 saturated heterocycles. The van der Waals surface area contributed by atoms with Crippen LogP contribution in [0.2, 0.25) is 10.0 Å². The highest BCUT2D eigenvalue weighted by Crippen LogP contribution is 2.26. The van der Waals surface area contributed by atoms with Gasteiger partial charge in [0.2, 0.25) is 0 Å². The molecule has 6 heteroatoms. The highest BCUT2D eigenvalue weighted by atomic mass is 35.5. The molecule has 15 heavy (non-hydrogen) atoms. The zero-order chi connectivity index (χ0) is 11.3. The fraction of sp³-hybridized carbons (Fsp3) is 0.111. The summed E-state index contributed by atoms with van der Waals surface area (Å²) in [6.45, 7) is -0.111. The number of benzene rings is 1. The predicted octanol–water partition coefficient (Wildman–Crippen LogP) is 2.61. The molecule has 0 unspecified atom stereocenters. The fourth-order valence-electron chi connectivity index (χ4n) is 0.795. The molecule has 1 rings (SSSR count). The highest BCUT2D eigenvalue weighted by Gasteiger charge is 2.05. The Morgan fingerprint density at radius 3 is 2.80 bits per heavy atom. The van der Waals surface area contributed by atoms with Crippen LogP contribution >= 0.6 is 23.2 Å². The van der Waals surface area contributed by atoms with Crippen LogP contribution in [0.4, 0.5) is 4.79 Å². The van der Waals surface area contributed by atoms with E-state index in [1.54, 1.807) is 6.07 Å². The zero-order valence-electron chi connectivity index (χ0n) is 7.46. The second kappa shape index (κ2) is 5.44. The maximum atomic E-state index is 11.0. The Bertz CT molecular complexity index is 415. The molecule has 0 aliphatic carbocycles.